The highest BCUT2D eigenvalue weighted by atomic mass is 79.9. The Morgan fingerprint density at radius 2 is 1.94 bits per heavy atom. The fourth-order valence-electron chi connectivity index (χ4n) is 1.16. The Hall–Kier alpha value is 0.170. The Labute approximate surface area is 113 Å². The first kappa shape index (κ1) is 14.2. The minimum atomic E-state index is -0.331. The molecule has 0 aliphatic carbocycles. The van der Waals surface area contributed by atoms with Crippen molar-refractivity contribution in [2.75, 3.05) is 11.8 Å². The maximum Gasteiger partial charge on any atom is 0.124 e. The maximum atomic E-state index is 13.1. The van der Waals surface area contributed by atoms with E-state index in [4.69, 9.17) is 23.2 Å². The van der Waals surface area contributed by atoms with Gasteiger partial charge in [0.05, 0.1) is 0 Å². The molecule has 0 fully saturated rings. The fraction of sp³-hybridized carbons (Fsp3) is 0.455. The second-order valence-corrected chi connectivity index (χ2v) is 5.41. The standard InChI is InChI=1S/C11H13BrCl2FN/c1-11(6-13,7-14)16-5-8-2-9(12)4-10(15)3-8/h2-4,16H,5-7H2,1H3. The van der Waals surface area contributed by atoms with Gasteiger partial charge in [-0.05, 0) is 30.7 Å². The van der Waals surface area contributed by atoms with Crippen molar-refractivity contribution in [3.05, 3.63) is 34.1 Å². The lowest BCUT2D eigenvalue weighted by Gasteiger charge is -2.26. The number of hydrogen-bond acceptors (Lipinski definition) is 1. The molecule has 0 amide bonds. The minimum absolute atomic E-state index is 0.260. The van der Waals surface area contributed by atoms with E-state index >= 15 is 0 Å². The first-order valence-electron chi connectivity index (χ1n) is 4.81. The van der Waals surface area contributed by atoms with Crippen molar-refractivity contribution in [2.45, 2.75) is 19.0 Å². The van der Waals surface area contributed by atoms with Gasteiger partial charge in [-0.15, -0.1) is 23.2 Å². The number of halogens is 4. The van der Waals surface area contributed by atoms with Crippen molar-refractivity contribution >= 4 is 39.1 Å². The van der Waals surface area contributed by atoms with Gasteiger partial charge in [-0.25, -0.2) is 4.39 Å². The zero-order valence-electron chi connectivity index (χ0n) is 8.87. The van der Waals surface area contributed by atoms with Crippen LogP contribution in [0.1, 0.15) is 12.5 Å². The van der Waals surface area contributed by atoms with Crippen molar-refractivity contribution in [3.8, 4) is 0 Å². The molecule has 0 unspecified atom stereocenters. The van der Waals surface area contributed by atoms with Gasteiger partial charge in [0.25, 0.3) is 0 Å². The quantitative estimate of drug-likeness (QED) is 0.808. The third kappa shape index (κ3) is 4.21. The van der Waals surface area contributed by atoms with Crippen molar-refractivity contribution in [1.29, 1.82) is 0 Å². The summed E-state index contributed by atoms with van der Waals surface area (Å²) in [4.78, 5) is 0. The molecule has 0 radical (unpaired) electrons. The molecule has 0 spiro atoms. The molecule has 16 heavy (non-hydrogen) atoms. The molecule has 1 nitrogen and oxygen atoms in total. The minimum Gasteiger partial charge on any atom is -0.305 e. The monoisotopic (exact) mass is 327 g/mol. The van der Waals surface area contributed by atoms with Gasteiger partial charge in [-0.1, -0.05) is 15.9 Å². The lowest BCUT2D eigenvalue weighted by atomic mass is 10.1. The van der Waals surface area contributed by atoms with Gasteiger partial charge in [-0.2, -0.15) is 0 Å². The van der Waals surface area contributed by atoms with Gasteiger partial charge in [-0.3, -0.25) is 0 Å². The van der Waals surface area contributed by atoms with Crippen LogP contribution < -0.4 is 5.32 Å². The second-order valence-electron chi connectivity index (χ2n) is 3.96. The van der Waals surface area contributed by atoms with Crippen molar-refractivity contribution < 1.29 is 4.39 Å². The molecule has 1 N–H and O–H groups in total. The van der Waals surface area contributed by atoms with Crippen LogP contribution in [-0.4, -0.2) is 17.3 Å². The molecule has 0 saturated carbocycles. The lowest BCUT2D eigenvalue weighted by molar-refractivity contribution is 0.434. The molecule has 1 rings (SSSR count). The molecule has 90 valence electrons. The van der Waals surface area contributed by atoms with Crippen LogP contribution in [0.25, 0.3) is 0 Å². The molecule has 5 heteroatoms. The molecule has 0 atom stereocenters. The summed E-state index contributed by atoms with van der Waals surface area (Å²) in [6.07, 6.45) is 0. The maximum absolute atomic E-state index is 13.1. The van der Waals surface area contributed by atoms with Crippen LogP contribution in [0.2, 0.25) is 0 Å². The Bertz CT molecular complexity index is 336. The summed E-state index contributed by atoms with van der Waals surface area (Å²) >= 11 is 14.9. The van der Waals surface area contributed by atoms with Crippen LogP contribution in [0.4, 0.5) is 4.39 Å². The van der Waals surface area contributed by atoms with Gasteiger partial charge >= 0.3 is 0 Å². The summed E-state index contributed by atoms with van der Waals surface area (Å²) in [6.45, 7) is 2.47. The second kappa shape index (κ2) is 6.20. The Kier molecular flexibility index (Phi) is 5.51. The smallest absolute Gasteiger partial charge is 0.124 e. The Balaban J connectivity index is 2.67. The number of rotatable bonds is 5. The largest absolute Gasteiger partial charge is 0.305 e. The van der Waals surface area contributed by atoms with Crippen molar-refractivity contribution in [1.82, 2.24) is 5.32 Å². The zero-order chi connectivity index (χ0) is 12.2. The van der Waals surface area contributed by atoms with Crippen LogP contribution in [0.5, 0.6) is 0 Å². The van der Waals surface area contributed by atoms with E-state index in [0.29, 0.717) is 18.3 Å². The normalized spacial score (nSPS) is 11.8. The summed E-state index contributed by atoms with van der Waals surface area (Å²) in [7, 11) is 0. The predicted molar refractivity (Wildman–Crippen MR) is 70.8 cm³/mol. The average Bonchev–Trinajstić information content (AvgIpc) is 2.25. The van der Waals surface area contributed by atoms with E-state index in [0.717, 1.165) is 10.0 Å². The molecule has 1 aromatic rings. The van der Waals surface area contributed by atoms with Crippen molar-refractivity contribution in [2.24, 2.45) is 0 Å². The molecule has 0 bridgehead atoms. The van der Waals surface area contributed by atoms with Gasteiger partial charge in [0.1, 0.15) is 5.82 Å². The van der Waals surface area contributed by atoms with Crippen LogP contribution >= 0.6 is 39.1 Å². The van der Waals surface area contributed by atoms with Gasteiger partial charge < -0.3 is 5.32 Å². The highest BCUT2D eigenvalue weighted by Crippen LogP contribution is 2.16. The van der Waals surface area contributed by atoms with E-state index in [2.05, 4.69) is 21.2 Å². The number of benzene rings is 1. The third-order valence-corrected chi connectivity index (χ3v) is 3.87. The number of nitrogens with one attached hydrogen (secondary N) is 1. The van der Waals surface area contributed by atoms with Crippen LogP contribution in [0, 0.1) is 5.82 Å². The molecule has 0 aliphatic rings. The fourth-order valence-corrected chi connectivity index (χ4v) is 2.15. The highest BCUT2D eigenvalue weighted by molar-refractivity contribution is 9.10. The number of hydrogen-bond donors (Lipinski definition) is 1. The molecule has 0 aliphatic heterocycles. The summed E-state index contributed by atoms with van der Waals surface area (Å²) < 4.78 is 13.8. The molecule has 0 heterocycles. The topological polar surface area (TPSA) is 12.0 Å². The SMILES string of the molecule is CC(CCl)(CCl)NCc1cc(F)cc(Br)c1. The van der Waals surface area contributed by atoms with Gasteiger partial charge in [0.15, 0.2) is 0 Å². The van der Waals surface area contributed by atoms with E-state index in [9.17, 15) is 4.39 Å². The number of alkyl halides is 2. The molecule has 0 aromatic heterocycles. The third-order valence-electron chi connectivity index (χ3n) is 2.23. The summed E-state index contributed by atoms with van der Waals surface area (Å²) in [6, 6.07) is 4.77. The van der Waals surface area contributed by atoms with E-state index in [-0.39, 0.29) is 11.4 Å². The van der Waals surface area contributed by atoms with E-state index in [1.54, 1.807) is 0 Å². The van der Waals surface area contributed by atoms with Crippen LogP contribution in [0.3, 0.4) is 0 Å². The Morgan fingerprint density at radius 3 is 2.44 bits per heavy atom. The molecular formula is C11H13BrCl2FN. The molecular weight excluding hydrogens is 316 g/mol. The van der Waals surface area contributed by atoms with Gasteiger partial charge in [0.2, 0.25) is 0 Å². The highest BCUT2D eigenvalue weighted by Gasteiger charge is 2.20. The van der Waals surface area contributed by atoms with Crippen LogP contribution in [-0.2, 0) is 6.54 Å². The first-order chi connectivity index (χ1) is 7.49. The lowest BCUT2D eigenvalue weighted by Crippen LogP contribution is -2.45. The van der Waals surface area contributed by atoms with E-state index in [1.807, 2.05) is 13.0 Å². The summed E-state index contributed by atoms with van der Waals surface area (Å²) in [5.74, 6) is 0.560. The Morgan fingerprint density at radius 1 is 1.31 bits per heavy atom. The first-order valence-corrected chi connectivity index (χ1v) is 6.67. The summed E-state index contributed by atoms with van der Waals surface area (Å²) in [5.41, 5.74) is 0.523. The van der Waals surface area contributed by atoms with E-state index in [1.165, 1.54) is 12.1 Å². The van der Waals surface area contributed by atoms with Gasteiger partial charge in [0, 0.05) is 28.3 Å². The summed E-state index contributed by atoms with van der Waals surface area (Å²) in [5, 5.41) is 3.21. The van der Waals surface area contributed by atoms with Crippen LogP contribution in [0.15, 0.2) is 22.7 Å². The predicted octanol–water partition coefficient (Wildman–Crippen LogP) is 3.91. The molecule has 0 saturated heterocycles. The average molecular weight is 329 g/mol. The van der Waals surface area contributed by atoms with E-state index < -0.39 is 0 Å². The molecule has 1 aromatic carbocycles. The van der Waals surface area contributed by atoms with Crippen molar-refractivity contribution in [3.63, 3.8) is 0 Å². The zero-order valence-corrected chi connectivity index (χ0v) is 12.0.